The van der Waals surface area contributed by atoms with Crippen LogP contribution in [0.25, 0.3) is 0 Å². The van der Waals surface area contributed by atoms with E-state index < -0.39 is 35.8 Å². The van der Waals surface area contributed by atoms with Crippen LogP contribution in [-0.2, 0) is 15.7 Å². The molecule has 2 aliphatic rings. The number of halogens is 5. The molecule has 2 aromatic carbocycles. The Bertz CT molecular complexity index is 1390. The van der Waals surface area contributed by atoms with Gasteiger partial charge < -0.3 is 20.3 Å². The van der Waals surface area contributed by atoms with Gasteiger partial charge in [0.05, 0.1) is 23.8 Å². The van der Waals surface area contributed by atoms with Crippen molar-refractivity contribution in [3.8, 4) is 0 Å². The minimum atomic E-state index is -4.47. The minimum absolute atomic E-state index is 0.128. The second-order valence-electron chi connectivity index (χ2n) is 10.00. The minimum Gasteiger partial charge on any atom is -0.463 e. The average Bonchev–Trinajstić information content (AvgIpc) is 3.18. The van der Waals surface area contributed by atoms with Crippen molar-refractivity contribution in [3.05, 3.63) is 74.9 Å². The predicted molar refractivity (Wildman–Crippen MR) is 157 cm³/mol. The average molecular weight is 643 g/mol. The van der Waals surface area contributed by atoms with Gasteiger partial charge in [-0.15, -0.1) is 0 Å². The highest BCUT2D eigenvalue weighted by atomic mass is 35.5. The largest absolute Gasteiger partial charge is 0.463 e. The number of likely N-dealkylation sites (N-methyl/N-ethyl adjacent to an activating group) is 1. The Morgan fingerprint density at radius 1 is 1.05 bits per heavy atom. The number of carbonyl (C=O) groups excluding carboxylic acids is 3. The fourth-order valence-corrected chi connectivity index (χ4v) is 5.63. The molecular weight excluding hydrogens is 610 g/mol. The van der Waals surface area contributed by atoms with Crippen molar-refractivity contribution >= 4 is 46.9 Å². The number of esters is 1. The lowest BCUT2D eigenvalue weighted by atomic mass is 9.94. The lowest BCUT2D eigenvalue weighted by Gasteiger charge is -2.38. The van der Waals surface area contributed by atoms with Crippen LogP contribution in [-0.4, -0.2) is 78.6 Å². The summed E-state index contributed by atoms with van der Waals surface area (Å²) in [6, 6.07) is 7.39. The lowest BCUT2D eigenvalue weighted by Crippen LogP contribution is -2.51. The lowest BCUT2D eigenvalue weighted by molar-refractivity contribution is -0.139. The van der Waals surface area contributed by atoms with Crippen LogP contribution in [0.4, 0.5) is 28.4 Å². The van der Waals surface area contributed by atoms with Crippen LogP contribution in [0, 0.1) is 0 Å². The second kappa shape index (κ2) is 13.9. The molecule has 2 aliphatic heterocycles. The van der Waals surface area contributed by atoms with Crippen molar-refractivity contribution in [1.29, 1.82) is 0 Å². The van der Waals surface area contributed by atoms with Gasteiger partial charge in [0.1, 0.15) is 0 Å². The molecule has 9 nitrogen and oxygen atoms in total. The molecule has 0 spiro atoms. The number of carbonyl (C=O) groups is 3. The van der Waals surface area contributed by atoms with Gasteiger partial charge in [-0.2, -0.15) is 13.2 Å². The van der Waals surface area contributed by atoms with Gasteiger partial charge in [-0.05, 0) is 62.2 Å². The number of amides is 4. The molecule has 2 aromatic rings. The molecule has 4 rings (SSSR count). The van der Waals surface area contributed by atoms with Gasteiger partial charge in [0, 0.05) is 60.7 Å². The van der Waals surface area contributed by atoms with Gasteiger partial charge in [0.15, 0.2) is 0 Å². The van der Waals surface area contributed by atoms with E-state index in [1.165, 1.54) is 17.0 Å². The first-order valence-electron chi connectivity index (χ1n) is 13.8. The first kappa shape index (κ1) is 32.4. The molecular formula is C29H32Cl2F3N5O4. The second-order valence-corrected chi connectivity index (χ2v) is 10.8. The van der Waals surface area contributed by atoms with Gasteiger partial charge in [-0.1, -0.05) is 29.3 Å². The number of urea groups is 2. The summed E-state index contributed by atoms with van der Waals surface area (Å²) in [6.45, 7) is 5.86. The number of nitrogens with one attached hydrogen (secondary N) is 2. The Hall–Kier alpha value is -3.48. The highest BCUT2D eigenvalue weighted by Gasteiger charge is 2.39. The van der Waals surface area contributed by atoms with Crippen molar-refractivity contribution in [2.45, 2.75) is 32.5 Å². The number of anilines is 1. The van der Waals surface area contributed by atoms with Gasteiger partial charge in [-0.25, -0.2) is 14.4 Å². The van der Waals surface area contributed by atoms with E-state index in [0.29, 0.717) is 55.4 Å². The summed E-state index contributed by atoms with van der Waals surface area (Å²) in [4.78, 5) is 44.7. The summed E-state index contributed by atoms with van der Waals surface area (Å²) >= 11 is 12.6. The summed E-state index contributed by atoms with van der Waals surface area (Å²) in [6.07, 6.45) is -3.87. The maximum atomic E-state index is 13.4. The SMILES string of the molecule is CCOC(=O)C1=C(CN2CCCN(C(=O)Nc3ccc(C(F)(F)F)cc3)CC2)N(CC)C(=O)NC1c1ccc(Cl)cc1Cl. The van der Waals surface area contributed by atoms with E-state index in [9.17, 15) is 27.6 Å². The number of benzene rings is 2. The molecule has 232 valence electrons. The standard InChI is InChI=1S/C29H32Cl2F3N5O4/c1-3-39-23(24(26(40)43-4-2)25(36-28(39)42)21-11-8-19(30)16-22(21)31)17-37-12-5-13-38(15-14-37)27(41)35-20-9-6-18(7-10-20)29(32,33)34/h6-11,16,25H,3-5,12-15,17H2,1-2H3,(H,35,41)(H,36,42). The summed E-state index contributed by atoms with van der Waals surface area (Å²) in [5, 5.41) is 6.22. The Kier molecular flexibility index (Phi) is 10.5. The zero-order chi connectivity index (χ0) is 31.3. The molecule has 0 radical (unpaired) electrons. The number of hydrogen-bond acceptors (Lipinski definition) is 5. The number of alkyl halides is 3. The molecule has 0 aromatic heterocycles. The molecule has 0 bridgehead atoms. The fraction of sp³-hybridized carbons (Fsp3) is 0.414. The number of hydrogen-bond donors (Lipinski definition) is 2. The van der Waals surface area contributed by atoms with Crippen LogP contribution in [0.2, 0.25) is 10.0 Å². The summed E-state index contributed by atoms with van der Waals surface area (Å²) in [5.41, 5.74) is 0.683. The molecule has 2 heterocycles. The van der Waals surface area contributed by atoms with Gasteiger partial charge in [0.25, 0.3) is 0 Å². The number of nitrogens with zero attached hydrogens (tertiary/aromatic N) is 3. The predicted octanol–water partition coefficient (Wildman–Crippen LogP) is 6.16. The van der Waals surface area contributed by atoms with E-state index >= 15 is 0 Å². The Labute approximate surface area is 257 Å². The van der Waals surface area contributed by atoms with Crippen LogP contribution in [0.15, 0.2) is 53.7 Å². The van der Waals surface area contributed by atoms with Gasteiger partial charge >= 0.3 is 24.2 Å². The normalized spacial score (nSPS) is 18.3. The van der Waals surface area contributed by atoms with Crippen LogP contribution in [0.3, 0.4) is 0 Å². The third-order valence-corrected chi connectivity index (χ3v) is 7.80. The van der Waals surface area contributed by atoms with Crippen LogP contribution >= 0.6 is 23.2 Å². The van der Waals surface area contributed by atoms with Crippen LogP contribution < -0.4 is 10.6 Å². The summed E-state index contributed by atoms with van der Waals surface area (Å²) in [5.74, 6) is -0.584. The first-order chi connectivity index (χ1) is 20.4. The van der Waals surface area contributed by atoms with Crippen LogP contribution in [0.1, 0.15) is 37.4 Å². The molecule has 43 heavy (non-hydrogen) atoms. The highest BCUT2D eigenvalue weighted by molar-refractivity contribution is 6.35. The van der Waals surface area contributed by atoms with Crippen molar-refractivity contribution < 1.29 is 32.3 Å². The molecule has 1 atom stereocenters. The van der Waals surface area contributed by atoms with E-state index in [0.717, 1.165) is 12.1 Å². The molecule has 1 saturated heterocycles. The molecule has 2 N–H and O–H groups in total. The van der Waals surface area contributed by atoms with Crippen molar-refractivity contribution in [2.24, 2.45) is 0 Å². The van der Waals surface area contributed by atoms with Gasteiger partial charge in [0.2, 0.25) is 0 Å². The van der Waals surface area contributed by atoms with Crippen molar-refractivity contribution in [1.82, 2.24) is 20.0 Å². The summed E-state index contributed by atoms with van der Waals surface area (Å²) < 4.78 is 44.0. The van der Waals surface area contributed by atoms with E-state index in [1.807, 2.05) is 4.90 Å². The molecule has 4 amide bonds. The van der Waals surface area contributed by atoms with Crippen molar-refractivity contribution in [2.75, 3.05) is 51.2 Å². The van der Waals surface area contributed by atoms with Crippen molar-refractivity contribution in [3.63, 3.8) is 0 Å². The number of rotatable bonds is 7. The van der Waals surface area contributed by atoms with Crippen LogP contribution in [0.5, 0.6) is 0 Å². The quantitative estimate of drug-likeness (QED) is 0.354. The molecule has 1 unspecified atom stereocenters. The molecule has 0 aliphatic carbocycles. The maximum Gasteiger partial charge on any atom is 0.416 e. The molecule has 1 fully saturated rings. The zero-order valence-corrected chi connectivity index (χ0v) is 25.2. The zero-order valence-electron chi connectivity index (χ0n) is 23.6. The van der Waals surface area contributed by atoms with E-state index in [-0.39, 0.29) is 29.4 Å². The third kappa shape index (κ3) is 7.73. The summed E-state index contributed by atoms with van der Waals surface area (Å²) in [7, 11) is 0. The van der Waals surface area contributed by atoms with Gasteiger partial charge in [-0.3, -0.25) is 9.80 Å². The fourth-order valence-electron chi connectivity index (χ4n) is 5.12. The van der Waals surface area contributed by atoms with E-state index in [2.05, 4.69) is 10.6 Å². The maximum absolute atomic E-state index is 13.4. The Balaban J connectivity index is 1.55. The van der Waals surface area contributed by atoms with E-state index in [1.54, 1.807) is 36.9 Å². The van der Waals surface area contributed by atoms with E-state index in [4.69, 9.17) is 27.9 Å². The third-order valence-electron chi connectivity index (χ3n) is 7.24. The molecule has 14 heteroatoms. The Morgan fingerprint density at radius 3 is 2.40 bits per heavy atom. The topological polar surface area (TPSA) is 94.2 Å². The Morgan fingerprint density at radius 2 is 1.77 bits per heavy atom. The number of ether oxygens (including phenoxy) is 1. The smallest absolute Gasteiger partial charge is 0.416 e. The highest BCUT2D eigenvalue weighted by Crippen LogP contribution is 2.36. The first-order valence-corrected chi connectivity index (χ1v) is 14.6. The monoisotopic (exact) mass is 641 g/mol. The molecule has 0 saturated carbocycles.